The van der Waals surface area contributed by atoms with Gasteiger partial charge in [-0.2, -0.15) is 0 Å². The van der Waals surface area contributed by atoms with Crippen LogP contribution in [-0.4, -0.2) is 82.0 Å². The second kappa shape index (κ2) is 6.53. The van der Waals surface area contributed by atoms with Crippen LogP contribution >= 0.6 is 0 Å². The van der Waals surface area contributed by atoms with Crippen molar-refractivity contribution in [1.29, 1.82) is 0 Å². The Bertz CT molecular complexity index is 462. The minimum absolute atomic E-state index is 0.237. The van der Waals surface area contributed by atoms with Gasteiger partial charge < -0.3 is 25.3 Å². The van der Waals surface area contributed by atoms with Crippen LogP contribution in [0.3, 0.4) is 0 Å². The zero-order valence-corrected chi connectivity index (χ0v) is 12.0. The fraction of sp³-hybridized carbons (Fsp3) is 0.667. The summed E-state index contributed by atoms with van der Waals surface area (Å²) in [5, 5.41) is 20.4. The lowest BCUT2D eigenvalue weighted by Crippen LogP contribution is -2.57. The van der Waals surface area contributed by atoms with Gasteiger partial charge in [0.1, 0.15) is 6.54 Å². The van der Waals surface area contributed by atoms with Gasteiger partial charge in [0.15, 0.2) is 5.60 Å². The molecule has 9 nitrogen and oxygen atoms in total. The molecule has 0 aromatic carbocycles. The molecular formula is C12H19N3O6. The van der Waals surface area contributed by atoms with Crippen LogP contribution in [0, 0.1) is 0 Å². The van der Waals surface area contributed by atoms with E-state index in [2.05, 4.69) is 5.32 Å². The first kappa shape index (κ1) is 16.9. The zero-order chi connectivity index (χ0) is 16.2. The molecule has 1 aliphatic heterocycles. The van der Waals surface area contributed by atoms with E-state index in [1.54, 1.807) is 6.92 Å². The number of carboxylic acid groups (broad SMARTS) is 1. The summed E-state index contributed by atoms with van der Waals surface area (Å²) in [5.41, 5.74) is -2.09. The molecule has 1 atom stereocenters. The molecule has 1 aliphatic rings. The first-order valence-electron chi connectivity index (χ1n) is 6.49. The highest BCUT2D eigenvalue weighted by molar-refractivity contribution is 6.35. The predicted molar refractivity (Wildman–Crippen MR) is 70.1 cm³/mol. The van der Waals surface area contributed by atoms with Crippen LogP contribution in [0.4, 0.5) is 0 Å². The van der Waals surface area contributed by atoms with Crippen molar-refractivity contribution >= 4 is 23.7 Å². The molecule has 0 spiro atoms. The number of nitrogens with one attached hydrogen (secondary N) is 1. The van der Waals surface area contributed by atoms with Gasteiger partial charge in [0, 0.05) is 19.6 Å². The molecule has 3 N–H and O–H groups in total. The standard InChI is InChI=1S/C12H19N3O6/c1-3-14-4-5-15(10(18)9(14)17)6-8(16)13-7-12(2,21)11(19)20/h21H,3-7H2,1-2H3,(H,13,16)(H,19,20). The fourth-order valence-corrected chi connectivity index (χ4v) is 1.74. The number of aliphatic carboxylic acids is 1. The van der Waals surface area contributed by atoms with Gasteiger partial charge in [0.25, 0.3) is 0 Å². The van der Waals surface area contributed by atoms with E-state index in [1.165, 1.54) is 4.90 Å². The average Bonchev–Trinajstić information content (AvgIpc) is 2.42. The maximum absolute atomic E-state index is 11.8. The molecule has 3 amide bonds. The summed E-state index contributed by atoms with van der Waals surface area (Å²) in [4.78, 5) is 48.2. The summed E-state index contributed by atoms with van der Waals surface area (Å²) in [6.07, 6.45) is 0. The minimum Gasteiger partial charge on any atom is -0.479 e. The van der Waals surface area contributed by atoms with E-state index in [1.807, 2.05) is 0 Å². The van der Waals surface area contributed by atoms with E-state index in [0.29, 0.717) is 13.1 Å². The Labute approximate surface area is 121 Å². The molecule has 118 valence electrons. The lowest BCUT2D eigenvalue weighted by Gasteiger charge is -2.32. The number of amides is 3. The van der Waals surface area contributed by atoms with Crippen LogP contribution in [-0.2, 0) is 19.2 Å². The molecule has 1 unspecified atom stereocenters. The summed E-state index contributed by atoms with van der Waals surface area (Å²) in [6, 6.07) is 0. The molecule has 9 heteroatoms. The SMILES string of the molecule is CCN1CCN(CC(=O)NCC(C)(O)C(=O)O)C(=O)C1=O. The van der Waals surface area contributed by atoms with Crippen LogP contribution < -0.4 is 5.32 Å². The van der Waals surface area contributed by atoms with Gasteiger partial charge >= 0.3 is 17.8 Å². The summed E-state index contributed by atoms with van der Waals surface area (Å²) in [5.74, 6) is -3.52. The Hall–Kier alpha value is -2.16. The molecule has 0 bridgehead atoms. The highest BCUT2D eigenvalue weighted by atomic mass is 16.4. The van der Waals surface area contributed by atoms with Crippen molar-refractivity contribution in [2.75, 3.05) is 32.7 Å². The molecular weight excluding hydrogens is 282 g/mol. The molecule has 21 heavy (non-hydrogen) atoms. The van der Waals surface area contributed by atoms with Gasteiger partial charge in [-0.05, 0) is 13.8 Å². The van der Waals surface area contributed by atoms with E-state index >= 15 is 0 Å². The highest BCUT2D eigenvalue weighted by Gasteiger charge is 2.34. The molecule has 1 rings (SSSR count). The molecule has 1 saturated heterocycles. The van der Waals surface area contributed by atoms with Crippen LogP contribution in [0.2, 0.25) is 0 Å². The van der Waals surface area contributed by atoms with Gasteiger partial charge in [-0.1, -0.05) is 0 Å². The largest absolute Gasteiger partial charge is 0.479 e. The number of aliphatic hydroxyl groups is 1. The first-order chi connectivity index (χ1) is 9.69. The Balaban J connectivity index is 2.51. The Morgan fingerprint density at radius 1 is 1.24 bits per heavy atom. The lowest BCUT2D eigenvalue weighted by molar-refractivity contribution is -0.157. The molecule has 1 fully saturated rings. The van der Waals surface area contributed by atoms with E-state index in [9.17, 15) is 24.3 Å². The van der Waals surface area contributed by atoms with Gasteiger partial charge in [-0.15, -0.1) is 0 Å². The van der Waals surface area contributed by atoms with Gasteiger partial charge in [-0.25, -0.2) is 4.79 Å². The maximum Gasteiger partial charge on any atom is 0.337 e. The van der Waals surface area contributed by atoms with Crippen LogP contribution in [0.15, 0.2) is 0 Å². The van der Waals surface area contributed by atoms with Crippen LogP contribution in [0.25, 0.3) is 0 Å². The van der Waals surface area contributed by atoms with Crippen molar-refractivity contribution in [3.05, 3.63) is 0 Å². The van der Waals surface area contributed by atoms with E-state index in [-0.39, 0.29) is 13.1 Å². The van der Waals surface area contributed by atoms with Crippen LogP contribution in [0.5, 0.6) is 0 Å². The van der Waals surface area contributed by atoms with Crippen molar-refractivity contribution in [3.63, 3.8) is 0 Å². The van der Waals surface area contributed by atoms with Crippen molar-refractivity contribution in [1.82, 2.24) is 15.1 Å². The van der Waals surface area contributed by atoms with Crippen LogP contribution in [0.1, 0.15) is 13.8 Å². The smallest absolute Gasteiger partial charge is 0.337 e. The number of carbonyl (C=O) groups excluding carboxylic acids is 3. The monoisotopic (exact) mass is 301 g/mol. The summed E-state index contributed by atoms with van der Waals surface area (Å²) in [6.45, 7) is 2.97. The second-order valence-corrected chi connectivity index (χ2v) is 4.97. The molecule has 0 aliphatic carbocycles. The Morgan fingerprint density at radius 2 is 1.76 bits per heavy atom. The molecule has 1 heterocycles. The Morgan fingerprint density at radius 3 is 2.29 bits per heavy atom. The maximum atomic E-state index is 11.8. The number of carboxylic acids is 1. The number of likely N-dealkylation sites (N-methyl/N-ethyl adjacent to an activating group) is 1. The Kier molecular flexibility index (Phi) is 5.25. The molecule has 0 saturated carbocycles. The molecule has 0 aromatic rings. The number of hydrogen-bond donors (Lipinski definition) is 3. The molecule has 0 aromatic heterocycles. The number of piperazine rings is 1. The third-order valence-corrected chi connectivity index (χ3v) is 3.20. The number of hydrogen-bond acceptors (Lipinski definition) is 5. The number of nitrogens with zero attached hydrogens (tertiary/aromatic N) is 2. The average molecular weight is 301 g/mol. The third-order valence-electron chi connectivity index (χ3n) is 3.20. The first-order valence-corrected chi connectivity index (χ1v) is 6.49. The van der Waals surface area contributed by atoms with Crippen molar-refractivity contribution < 1.29 is 29.4 Å². The third kappa shape index (κ3) is 4.15. The highest BCUT2D eigenvalue weighted by Crippen LogP contribution is 2.05. The topological polar surface area (TPSA) is 127 Å². The number of carbonyl (C=O) groups is 4. The van der Waals surface area contributed by atoms with Crippen molar-refractivity contribution in [2.45, 2.75) is 19.4 Å². The van der Waals surface area contributed by atoms with Gasteiger partial charge in [-0.3, -0.25) is 14.4 Å². The minimum atomic E-state index is -2.09. The van der Waals surface area contributed by atoms with E-state index in [4.69, 9.17) is 5.11 Å². The quantitative estimate of drug-likeness (QED) is 0.471. The second-order valence-electron chi connectivity index (χ2n) is 4.97. The molecule has 0 radical (unpaired) electrons. The van der Waals surface area contributed by atoms with Crippen molar-refractivity contribution in [2.24, 2.45) is 0 Å². The lowest BCUT2D eigenvalue weighted by atomic mass is 10.1. The van der Waals surface area contributed by atoms with Gasteiger partial charge in [0.2, 0.25) is 5.91 Å². The predicted octanol–water partition coefficient (Wildman–Crippen LogP) is -2.37. The summed E-state index contributed by atoms with van der Waals surface area (Å²) < 4.78 is 0. The number of rotatable bonds is 6. The van der Waals surface area contributed by atoms with Gasteiger partial charge in [0.05, 0.1) is 6.54 Å². The van der Waals surface area contributed by atoms with Crippen molar-refractivity contribution in [3.8, 4) is 0 Å². The summed E-state index contributed by atoms with van der Waals surface area (Å²) >= 11 is 0. The van der Waals surface area contributed by atoms with E-state index in [0.717, 1.165) is 11.8 Å². The summed E-state index contributed by atoms with van der Waals surface area (Å²) in [7, 11) is 0. The fourth-order valence-electron chi connectivity index (χ4n) is 1.74. The normalized spacial score (nSPS) is 18.4. The van der Waals surface area contributed by atoms with E-state index < -0.39 is 35.8 Å². The zero-order valence-electron chi connectivity index (χ0n) is 12.0.